The van der Waals surface area contributed by atoms with Crippen LogP contribution in [0.4, 0.5) is 15.8 Å². The van der Waals surface area contributed by atoms with Gasteiger partial charge in [0.25, 0.3) is 0 Å². The van der Waals surface area contributed by atoms with Gasteiger partial charge in [0.1, 0.15) is 11.6 Å². The molecule has 4 nitrogen and oxygen atoms in total. The first kappa shape index (κ1) is 17.0. The number of nitrogens with one attached hydrogen (secondary N) is 2. The summed E-state index contributed by atoms with van der Waals surface area (Å²) in [5.41, 5.74) is 1.45. The maximum atomic E-state index is 13.5. The van der Waals surface area contributed by atoms with Crippen LogP contribution in [-0.4, -0.2) is 32.4 Å². The second-order valence-electron chi connectivity index (χ2n) is 4.98. The molecule has 2 rings (SSSR count). The molecule has 0 heterocycles. The standard InChI is InChI=1S/C17H20FN3OS/c1-21(13-7-9-14(22-2)10-8-13)12-11-19-17(23)20-16-6-4-3-5-15(16)18/h3-10H,11-12H2,1-2H3,(H2,19,20,23). The summed E-state index contributed by atoms with van der Waals surface area (Å²) < 4.78 is 18.7. The van der Waals surface area contributed by atoms with E-state index in [1.54, 1.807) is 25.3 Å². The Balaban J connectivity index is 1.77. The highest BCUT2D eigenvalue weighted by molar-refractivity contribution is 7.80. The van der Waals surface area contributed by atoms with Gasteiger partial charge in [0.15, 0.2) is 5.11 Å². The predicted molar refractivity (Wildman–Crippen MR) is 96.9 cm³/mol. The largest absolute Gasteiger partial charge is 0.497 e. The topological polar surface area (TPSA) is 36.5 Å². The first-order chi connectivity index (χ1) is 11.1. The van der Waals surface area contributed by atoms with Gasteiger partial charge in [0.05, 0.1) is 12.8 Å². The van der Waals surface area contributed by atoms with Crippen molar-refractivity contribution in [3.8, 4) is 5.75 Å². The van der Waals surface area contributed by atoms with Gasteiger partial charge in [-0.3, -0.25) is 0 Å². The molecule has 2 aromatic carbocycles. The van der Waals surface area contributed by atoms with E-state index in [0.29, 0.717) is 17.3 Å². The van der Waals surface area contributed by atoms with E-state index in [-0.39, 0.29) is 5.82 Å². The second kappa shape index (κ2) is 8.33. The Bertz CT molecular complexity index is 649. The van der Waals surface area contributed by atoms with Crippen LogP contribution in [0.25, 0.3) is 0 Å². The summed E-state index contributed by atoms with van der Waals surface area (Å²) >= 11 is 5.17. The smallest absolute Gasteiger partial charge is 0.170 e. The highest BCUT2D eigenvalue weighted by atomic mass is 32.1. The zero-order valence-corrected chi connectivity index (χ0v) is 14.0. The van der Waals surface area contributed by atoms with E-state index >= 15 is 0 Å². The molecule has 0 aliphatic carbocycles. The van der Waals surface area contributed by atoms with Crippen molar-refractivity contribution in [1.82, 2.24) is 5.32 Å². The Hall–Kier alpha value is -2.34. The fourth-order valence-electron chi connectivity index (χ4n) is 2.03. The van der Waals surface area contributed by atoms with Crippen molar-refractivity contribution in [3.05, 3.63) is 54.3 Å². The monoisotopic (exact) mass is 333 g/mol. The molecule has 0 atom stereocenters. The molecule has 23 heavy (non-hydrogen) atoms. The summed E-state index contributed by atoms with van der Waals surface area (Å²) in [5.74, 6) is 0.502. The second-order valence-corrected chi connectivity index (χ2v) is 5.39. The van der Waals surface area contributed by atoms with Gasteiger partial charge in [-0.05, 0) is 48.6 Å². The van der Waals surface area contributed by atoms with Gasteiger partial charge in [-0.25, -0.2) is 4.39 Å². The lowest BCUT2D eigenvalue weighted by molar-refractivity contribution is 0.415. The Morgan fingerprint density at radius 3 is 2.52 bits per heavy atom. The van der Waals surface area contributed by atoms with Crippen molar-refractivity contribution in [2.75, 3.05) is 37.5 Å². The molecule has 2 aromatic rings. The Kier molecular flexibility index (Phi) is 6.17. The van der Waals surface area contributed by atoms with Crippen LogP contribution in [0.5, 0.6) is 5.75 Å². The maximum absolute atomic E-state index is 13.5. The lowest BCUT2D eigenvalue weighted by Crippen LogP contribution is -2.35. The number of methoxy groups -OCH3 is 1. The summed E-state index contributed by atoms with van der Waals surface area (Å²) in [5, 5.41) is 6.32. The van der Waals surface area contributed by atoms with Crippen molar-refractivity contribution in [2.24, 2.45) is 0 Å². The predicted octanol–water partition coefficient (Wildman–Crippen LogP) is 3.26. The number of hydrogen-bond acceptors (Lipinski definition) is 3. The molecule has 0 saturated carbocycles. The van der Waals surface area contributed by atoms with Crippen LogP contribution < -0.4 is 20.3 Å². The number of halogens is 1. The molecule has 0 amide bonds. The highest BCUT2D eigenvalue weighted by Crippen LogP contribution is 2.17. The van der Waals surface area contributed by atoms with Crippen LogP contribution in [0.2, 0.25) is 0 Å². The molecule has 122 valence electrons. The third-order valence-electron chi connectivity index (χ3n) is 3.37. The maximum Gasteiger partial charge on any atom is 0.170 e. The summed E-state index contributed by atoms with van der Waals surface area (Å²) in [6.07, 6.45) is 0. The number of thiocarbonyl (C=S) groups is 1. The van der Waals surface area contributed by atoms with Gasteiger partial charge in [0.2, 0.25) is 0 Å². The molecule has 0 saturated heterocycles. The molecule has 0 bridgehead atoms. The Morgan fingerprint density at radius 2 is 1.87 bits per heavy atom. The molecule has 0 aliphatic rings. The zero-order chi connectivity index (χ0) is 16.7. The molecule has 0 aromatic heterocycles. The van der Waals surface area contributed by atoms with Crippen LogP contribution in [0.3, 0.4) is 0 Å². The minimum Gasteiger partial charge on any atom is -0.497 e. The molecule has 0 unspecified atom stereocenters. The SMILES string of the molecule is COc1ccc(N(C)CCNC(=S)Nc2ccccc2F)cc1. The van der Waals surface area contributed by atoms with Crippen molar-refractivity contribution >= 4 is 28.7 Å². The molecule has 6 heteroatoms. The highest BCUT2D eigenvalue weighted by Gasteiger charge is 2.04. The minimum absolute atomic E-state index is 0.327. The summed E-state index contributed by atoms with van der Waals surface area (Å²) in [4.78, 5) is 2.10. The van der Waals surface area contributed by atoms with E-state index in [1.807, 2.05) is 31.3 Å². The first-order valence-electron chi connectivity index (χ1n) is 7.24. The number of likely N-dealkylation sites (N-methyl/N-ethyl adjacent to an activating group) is 1. The third-order valence-corrected chi connectivity index (χ3v) is 3.61. The lowest BCUT2D eigenvalue weighted by atomic mass is 10.3. The Labute approximate surface area is 141 Å². The Morgan fingerprint density at radius 1 is 1.17 bits per heavy atom. The molecule has 0 radical (unpaired) electrons. The van der Waals surface area contributed by atoms with E-state index in [9.17, 15) is 4.39 Å². The summed E-state index contributed by atoms with van der Waals surface area (Å²) in [6, 6.07) is 14.3. The molecule has 0 fully saturated rings. The number of rotatable bonds is 6. The molecule has 0 spiro atoms. The van der Waals surface area contributed by atoms with Crippen LogP contribution in [0, 0.1) is 5.82 Å². The van der Waals surface area contributed by atoms with Crippen molar-refractivity contribution in [1.29, 1.82) is 0 Å². The van der Waals surface area contributed by atoms with E-state index in [1.165, 1.54) is 6.07 Å². The summed E-state index contributed by atoms with van der Waals surface area (Å²) in [6.45, 7) is 1.40. The average Bonchev–Trinajstić information content (AvgIpc) is 2.57. The van der Waals surface area contributed by atoms with E-state index in [0.717, 1.165) is 18.0 Å². The number of anilines is 2. The van der Waals surface area contributed by atoms with Gasteiger partial charge in [-0.2, -0.15) is 0 Å². The fourth-order valence-corrected chi connectivity index (χ4v) is 2.24. The number of benzene rings is 2. The molecular formula is C17H20FN3OS. The average molecular weight is 333 g/mol. The van der Waals surface area contributed by atoms with Crippen molar-refractivity contribution < 1.29 is 9.13 Å². The van der Waals surface area contributed by atoms with Crippen LogP contribution in [-0.2, 0) is 0 Å². The number of para-hydroxylation sites is 1. The van der Waals surface area contributed by atoms with Crippen LogP contribution in [0.15, 0.2) is 48.5 Å². The number of ether oxygens (including phenoxy) is 1. The minimum atomic E-state index is -0.327. The number of hydrogen-bond donors (Lipinski definition) is 2. The van der Waals surface area contributed by atoms with Crippen LogP contribution in [0.1, 0.15) is 0 Å². The number of nitrogens with zero attached hydrogens (tertiary/aromatic N) is 1. The normalized spacial score (nSPS) is 10.0. The van der Waals surface area contributed by atoms with E-state index in [4.69, 9.17) is 17.0 Å². The molecule has 2 N–H and O–H groups in total. The fraction of sp³-hybridized carbons (Fsp3) is 0.235. The van der Waals surface area contributed by atoms with Gasteiger partial charge in [0, 0.05) is 25.8 Å². The van der Waals surface area contributed by atoms with E-state index < -0.39 is 0 Å². The van der Waals surface area contributed by atoms with Gasteiger partial charge >= 0.3 is 0 Å². The van der Waals surface area contributed by atoms with Gasteiger partial charge < -0.3 is 20.3 Å². The van der Waals surface area contributed by atoms with Gasteiger partial charge in [-0.15, -0.1) is 0 Å². The molecular weight excluding hydrogens is 313 g/mol. The molecule has 0 aliphatic heterocycles. The quantitative estimate of drug-likeness (QED) is 0.794. The van der Waals surface area contributed by atoms with Crippen LogP contribution >= 0.6 is 12.2 Å². The van der Waals surface area contributed by atoms with Crippen molar-refractivity contribution in [2.45, 2.75) is 0 Å². The lowest BCUT2D eigenvalue weighted by Gasteiger charge is -2.20. The van der Waals surface area contributed by atoms with Gasteiger partial charge in [-0.1, -0.05) is 12.1 Å². The summed E-state index contributed by atoms with van der Waals surface area (Å²) in [7, 11) is 3.64. The first-order valence-corrected chi connectivity index (χ1v) is 7.65. The third kappa shape index (κ3) is 5.10. The zero-order valence-electron chi connectivity index (χ0n) is 13.2. The van der Waals surface area contributed by atoms with E-state index in [2.05, 4.69) is 15.5 Å². The van der Waals surface area contributed by atoms with Crippen molar-refractivity contribution in [3.63, 3.8) is 0 Å².